The number of benzene rings is 1. The number of hydrogen-bond acceptors (Lipinski definition) is 3. The average Bonchev–Trinajstić information content (AvgIpc) is 2.18. The predicted molar refractivity (Wildman–Crippen MR) is 54.4 cm³/mol. The first kappa shape index (κ1) is 11.3. The van der Waals surface area contributed by atoms with Crippen molar-refractivity contribution in [3.05, 3.63) is 29.3 Å². The number of halogens is 2. The molecule has 1 aliphatic rings. The molecule has 1 aromatic carbocycles. The van der Waals surface area contributed by atoms with Gasteiger partial charge in [-0.25, -0.2) is 8.78 Å². The largest absolute Gasteiger partial charge is 0.481 e. The van der Waals surface area contributed by atoms with E-state index in [-0.39, 0.29) is 24.3 Å². The minimum atomic E-state index is -0.976. The van der Waals surface area contributed by atoms with Gasteiger partial charge in [-0.2, -0.15) is 5.26 Å². The van der Waals surface area contributed by atoms with Crippen molar-refractivity contribution >= 4 is 11.7 Å². The van der Waals surface area contributed by atoms with Gasteiger partial charge in [0.2, 0.25) is 0 Å². The van der Waals surface area contributed by atoms with E-state index in [9.17, 15) is 13.6 Å². The molecule has 0 aliphatic carbocycles. The summed E-state index contributed by atoms with van der Waals surface area (Å²) in [5.74, 6) is -3.25. The molecule has 0 spiro atoms. The summed E-state index contributed by atoms with van der Waals surface area (Å²) in [4.78, 5) is 11.9. The third-order valence-electron chi connectivity index (χ3n) is 2.69. The first-order chi connectivity index (χ1) is 8.02. The molecule has 1 heterocycles. The number of nitriles is 1. The van der Waals surface area contributed by atoms with Crippen molar-refractivity contribution in [2.75, 3.05) is 18.0 Å². The number of nitrogens with zero attached hydrogens (tertiary/aromatic N) is 2. The van der Waals surface area contributed by atoms with E-state index in [0.29, 0.717) is 0 Å². The lowest BCUT2D eigenvalue weighted by atomic mass is 9.99. The van der Waals surface area contributed by atoms with Gasteiger partial charge in [0.25, 0.3) is 0 Å². The van der Waals surface area contributed by atoms with Crippen LogP contribution in [-0.4, -0.2) is 24.2 Å². The van der Waals surface area contributed by atoms with E-state index in [1.165, 1.54) is 4.90 Å². The molecule has 0 aromatic heterocycles. The zero-order chi connectivity index (χ0) is 12.6. The van der Waals surface area contributed by atoms with Gasteiger partial charge in [0.15, 0.2) is 11.6 Å². The third-order valence-corrected chi connectivity index (χ3v) is 2.69. The summed E-state index contributed by atoms with van der Waals surface area (Å²) in [5.41, 5.74) is -0.361. The highest BCUT2D eigenvalue weighted by Crippen LogP contribution is 2.30. The van der Waals surface area contributed by atoms with Gasteiger partial charge in [0.1, 0.15) is 5.69 Å². The molecular formula is C11H8F2N2O2. The Morgan fingerprint density at radius 3 is 2.35 bits per heavy atom. The molecule has 88 valence electrons. The van der Waals surface area contributed by atoms with Crippen LogP contribution in [0, 0.1) is 28.9 Å². The van der Waals surface area contributed by atoms with Crippen molar-refractivity contribution < 1.29 is 18.7 Å². The van der Waals surface area contributed by atoms with Crippen LogP contribution < -0.4 is 4.90 Å². The Balaban J connectivity index is 2.24. The lowest BCUT2D eigenvalue weighted by Gasteiger charge is -2.38. The number of carbonyl (C=O) groups is 1. The molecule has 1 aromatic rings. The fourth-order valence-corrected chi connectivity index (χ4v) is 1.75. The molecule has 0 bridgehead atoms. The smallest absolute Gasteiger partial charge is 0.310 e. The topological polar surface area (TPSA) is 64.3 Å². The molecular weight excluding hydrogens is 230 g/mol. The second kappa shape index (κ2) is 4.01. The van der Waals surface area contributed by atoms with E-state index < -0.39 is 23.5 Å². The molecule has 0 radical (unpaired) electrons. The first-order valence-corrected chi connectivity index (χ1v) is 4.90. The molecule has 0 amide bonds. The van der Waals surface area contributed by atoms with Crippen molar-refractivity contribution in [2.45, 2.75) is 0 Å². The second-order valence-electron chi connectivity index (χ2n) is 3.84. The maximum absolute atomic E-state index is 13.5. The Morgan fingerprint density at radius 1 is 1.41 bits per heavy atom. The Kier molecular flexibility index (Phi) is 2.68. The standard InChI is InChI=1S/C11H8F2N2O2/c12-8-1-6(3-14)2-9(13)10(8)15-4-7(5-15)11(16)17/h1-2,7H,4-5H2,(H,16,17). The molecule has 0 unspecified atom stereocenters. The molecule has 1 N–H and O–H groups in total. The summed E-state index contributed by atoms with van der Waals surface area (Å²) >= 11 is 0. The summed E-state index contributed by atoms with van der Waals surface area (Å²) in [6.45, 7) is 0.157. The fraction of sp³-hybridized carbons (Fsp3) is 0.273. The van der Waals surface area contributed by atoms with Gasteiger partial charge in [0, 0.05) is 13.1 Å². The van der Waals surface area contributed by atoms with Gasteiger partial charge < -0.3 is 10.0 Å². The number of carboxylic acids is 1. The Labute approximate surface area is 95.7 Å². The zero-order valence-corrected chi connectivity index (χ0v) is 8.65. The maximum Gasteiger partial charge on any atom is 0.310 e. The quantitative estimate of drug-likeness (QED) is 0.844. The van der Waals surface area contributed by atoms with Gasteiger partial charge in [-0.15, -0.1) is 0 Å². The molecule has 0 saturated carbocycles. The van der Waals surface area contributed by atoms with Crippen LogP contribution in [0.5, 0.6) is 0 Å². The van der Waals surface area contributed by atoms with E-state index in [4.69, 9.17) is 10.4 Å². The number of aliphatic carboxylic acids is 1. The minimum Gasteiger partial charge on any atom is -0.481 e. The molecule has 1 aliphatic heterocycles. The van der Waals surface area contributed by atoms with Gasteiger partial charge in [-0.05, 0) is 12.1 Å². The first-order valence-electron chi connectivity index (χ1n) is 4.90. The minimum absolute atomic E-state index is 0.0784. The van der Waals surface area contributed by atoms with Crippen LogP contribution in [-0.2, 0) is 4.79 Å². The summed E-state index contributed by atoms with van der Waals surface area (Å²) < 4.78 is 27.0. The normalized spacial score (nSPS) is 15.2. The molecule has 1 fully saturated rings. The van der Waals surface area contributed by atoms with Crippen molar-refractivity contribution in [3.8, 4) is 6.07 Å². The number of carboxylic acid groups (broad SMARTS) is 1. The summed E-state index contributed by atoms with van der Waals surface area (Å²) in [5, 5.41) is 17.2. The maximum atomic E-state index is 13.5. The van der Waals surface area contributed by atoms with Crippen molar-refractivity contribution in [1.82, 2.24) is 0 Å². The number of anilines is 1. The van der Waals surface area contributed by atoms with E-state index >= 15 is 0 Å². The Morgan fingerprint density at radius 2 is 1.94 bits per heavy atom. The van der Waals surface area contributed by atoms with Crippen LogP contribution in [0.25, 0.3) is 0 Å². The van der Waals surface area contributed by atoms with Gasteiger partial charge >= 0.3 is 5.97 Å². The molecule has 17 heavy (non-hydrogen) atoms. The van der Waals surface area contributed by atoms with Gasteiger partial charge in [-0.1, -0.05) is 0 Å². The van der Waals surface area contributed by atoms with Crippen molar-refractivity contribution in [2.24, 2.45) is 5.92 Å². The van der Waals surface area contributed by atoms with Gasteiger partial charge in [-0.3, -0.25) is 4.79 Å². The highest BCUT2D eigenvalue weighted by molar-refractivity contribution is 5.74. The van der Waals surface area contributed by atoms with Crippen molar-refractivity contribution in [3.63, 3.8) is 0 Å². The zero-order valence-electron chi connectivity index (χ0n) is 8.65. The molecule has 0 atom stereocenters. The molecule has 6 heteroatoms. The molecule has 1 saturated heterocycles. The molecule has 2 rings (SSSR count). The van der Waals surface area contributed by atoms with E-state index in [0.717, 1.165) is 12.1 Å². The average molecular weight is 238 g/mol. The summed E-state index contributed by atoms with van der Waals surface area (Å²) in [7, 11) is 0. The van der Waals surface area contributed by atoms with E-state index in [1.54, 1.807) is 6.07 Å². The van der Waals surface area contributed by atoms with Gasteiger partial charge in [0.05, 0.1) is 17.6 Å². The highest BCUT2D eigenvalue weighted by Gasteiger charge is 2.35. The predicted octanol–water partition coefficient (Wildman–Crippen LogP) is 1.36. The Bertz CT molecular complexity index is 496. The van der Waals surface area contributed by atoms with Crippen LogP contribution >= 0.6 is 0 Å². The van der Waals surface area contributed by atoms with Crippen LogP contribution in [0.2, 0.25) is 0 Å². The van der Waals surface area contributed by atoms with Crippen LogP contribution in [0.1, 0.15) is 5.56 Å². The third kappa shape index (κ3) is 1.91. The van der Waals surface area contributed by atoms with Crippen LogP contribution in [0.3, 0.4) is 0 Å². The molecule has 4 nitrogen and oxygen atoms in total. The fourth-order valence-electron chi connectivity index (χ4n) is 1.75. The lowest BCUT2D eigenvalue weighted by molar-refractivity contribution is -0.142. The number of rotatable bonds is 2. The van der Waals surface area contributed by atoms with Crippen molar-refractivity contribution in [1.29, 1.82) is 5.26 Å². The number of hydrogen-bond donors (Lipinski definition) is 1. The Hall–Kier alpha value is -2.16. The lowest BCUT2D eigenvalue weighted by Crippen LogP contribution is -2.51. The monoisotopic (exact) mass is 238 g/mol. The SMILES string of the molecule is N#Cc1cc(F)c(N2CC(C(=O)O)C2)c(F)c1. The summed E-state index contributed by atoms with van der Waals surface area (Å²) in [6, 6.07) is 3.52. The summed E-state index contributed by atoms with van der Waals surface area (Å²) in [6.07, 6.45) is 0. The second-order valence-corrected chi connectivity index (χ2v) is 3.84. The van der Waals surface area contributed by atoms with E-state index in [1.807, 2.05) is 0 Å². The van der Waals surface area contributed by atoms with Crippen LogP contribution in [0.15, 0.2) is 12.1 Å². The van der Waals surface area contributed by atoms with E-state index in [2.05, 4.69) is 0 Å². The van der Waals surface area contributed by atoms with Crippen LogP contribution in [0.4, 0.5) is 14.5 Å². The highest BCUT2D eigenvalue weighted by atomic mass is 19.1.